The van der Waals surface area contributed by atoms with Gasteiger partial charge in [-0.1, -0.05) is 30.3 Å². The number of benzene rings is 1. The first-order valence-corrected chi connectivity index (χ1v) is 6.56. The van der Waals surface area contributed by atoms with Crippen molar-refractivity contribution in [2.24, 2.45) is 0 Å². The number of hydrogen-bond donors (Lipinski definition) is 0. The maximum absolute atomic E-state index is 6.31. The zero-order valence-electron chi connectivity index (χ0n) is 11.0. The van der Waals surface area contributed by atoms with Crippen LogP contribution >= 0.6 is 11.6 Å². The molecule has 0 atom stereocenters. The number of pyridine rings is 1. The third-order valence-corrected chi connectivity index (χ3v) is 3.70. The maximum Gasteiger partial charge on any atom is 0.115 e. The number of hydrogen-bond acceptors (Lipinski definition) is 3. The van der Waals surface area contributed by atoms with E-state index in [9.17, 15) is 0 Å². The lowest BCUT2D eigenvalue weighted by atomic mass is 10.0. The minimum atomic E-state index is 0.647. The van der Waals surface area contributed by atoms with Crippen molar-refractivity contribution < 1.29 is 0 Å². The number of fused-ring (bicyclic) bond motifs is 1. The lowest BCUT2D eigenvalue weighted by molar-refractivity contribution is 1.17. The molecule has 20 heavy (non-hydrogen) atoms. The monoisotopic (exact) mass is 281 g/mol. The molecule has 0 radical (unpaired) electrons. The third kappa shape index (κ3) is 2.06. The summed E-state index contributed by atoms with van der Waals surface area (Å²) in [6.45, 7) is 5.75. The summed E-state index contributed by atoms with van der Waals surface area (Å²) in [5.74, 6) is 0. The molecule has 0 aliphatic heterocycles. The van der Waals surface area contributed by atoms with Crippen LogP contribution in [0.1, 0.15) is 11.3 Å². The van der Waals surface area contributed by atoms with Crippen LogP contribution < -0.4 is 0 Å². The maximum atomic E-state index is 6.31. The van der Waals surface area contributed by atoms with Crippen LogP contribution in [0.25, 0.3) is 28.1 Å². The van der Waals surface area contributed by atoms with Gasteiger partial charge in [0.2, 0.25) is 0 Å². The van der Waals surface area contributed by atoms with Crippen molar-refractivity contribution in [1.82, 2.24) is 15.0 Å². The van der Waals surface area contributed by atoms with Gasteiger partial charge < -0.3 is 0 Å². The van der Waals surface area contributed by atoms with Crippen molar-refractivity contribution >= 4 is 28.6 Å². The van der Waals surface area contributed by atoms with E-state index < -0.39 is 0 Å². The lowest BCUT2D eigenvalue weighted by Gasteiger charge is -2.09. The molecule has 98 valence electrons. The second-order valence-electron chi connectivity index (χ2n) is 4.49. The fraction of sp³-hybridized carbons (Fsp3) is 0.0625. The molecule has 0 unspecified atom stereocenters. The van der Waals surface area contributed by atoms with Gasteiger partial charge in [-0.15, -0.1) is 0 Å². The number of nitrogens with zero attached hydrogens (tertiary/aromatic N) is 3. The SMILES string of the molecule is C=Cc1c(Cl)c(C)nc2ccc(-c3cncnc3)cc12. The second kappa shape index (κ2) is 5.02. The van der Waals surface area contributed by atoms with Crippen LogP contribution in [-0.4, -0.2) is 15.0 Å². The Morgan fingerprint density at radius 3 is 2.60 bits per heavy atom. The van der Waals surface area contributed by atoms with Crippen LogP contribution in [0.2, 0.25) is 5.02 Å². The highest BCUT2D eigenvalue weighted by molar-refractivity contribution is 6.33. The van der Waals surface area contributed by atoms with Gasteiger partial charge in [0.25, 0.3) is 0 Å². The van der Waals surface area contributed by atoms with Crippen LogP contribution in [-0.2, 0) is 0 Å². The van der Waals surface area contributed by atoms with Gasteiger partial charge in [0.05, 0.1) is 16.2 Å². The van der Waals surface area contributed by atoms with Crippen LogP contribution in [0.3, 0.4) is 0 Å². The average Bonchev–Trinajstić information content (AvgIpc) is 2.49. The molecule has 2 heterocycles. The molecule has 0 amide bonds. The summed E-state index contributed by atoms with van der Waals surface area (Å²) in [5, 5.41) is 1.63. The second-order valence-corrected chi connectivity index (χ2v) is 4.87. The molecular formula is C16H12ClN3. The van der Waals surface area contributed by atoms with Crippen molar-refractivity contribution in [2.45, 2.75) is 6.92 Å². The van der Waals surface area contributed by atoms with Gasteiger partial charge in [0.15, 0.2) is 0 Å². The Balaban J connectivity index is 2.30. The van der Waals surface area contributed by atoms with Crippen LogP contribution in [0.4, 0.5) is 0 Å². The minimum absolute atomic E-state index is 0.647. The largest absolute Gasteiger partial charge is 0.252 e. The minimum Gasteiger partial charge on any atom is -0.252 e. The van der Waals surface area contributed by atoms with Crippen molar-refractivity contribution in [3.63, 3.8) is 0 Å². The molecule has 2 aromatic heterocycles. The van der Waals surface area contributed by atoms with Gasteiger partial charge in [-0.05, 0) is 24.6 Å². The quantitative estimate of drug-likeness (QED) is 0.703. The Kier molecular flexibility index (Phi) is 3.20. The summed E-state index contributed by atoms with van der Waals surface area (Å²) in [5.41, 5.74) is 4.61. The van der Waals surface area contributed by atoms with Gasteiger partial charge in [-0.3, -0.25) is 4.98 Å². The van der Waals surface area contributed by atoms with Crippen LogP contribution in [0.15, 0.2) is 43.5 Å². The molecule has 0 saturated heterocycles. The number of aromatic nitrogens is 3. The van der Waals surface area contributed by atoms with E-state index in [0.717, 1.165) is 33.3 Å². The van der Waals surface area contributed by atoms with E-state index in [-0.39, 0.29) is 0 Å². The number of aryl methyl sites for hydroxylation is 1. The van der Waals surface area contributed by atoms with E-state index in [2.05, 4.69) is 21.5 Å². The van der Waals surface area contributed by atoms with Crippen LogP contribution in [0, 0.1) is 6.92 Å². The van der Waals surface area contributed by atoms with Crippen LogP contribution in [0.5, 0.6) is 0 Å². The molecule has 3 aromatic rings. The Hall–Kier alpha value is -2.26. The topological polar surface area (TPSA) is 38.7 Å². The zero-order valence-corrected chi connectivity index (χ0v) is 11.7. The van der Waals surface area contributed by atoms with Crippen molar-refractivity contribution in [1.29, 1.82) is 0 Å². The van der Waals surface area contributed by atoms with E-state index in [1.54, 1.807) is 18.5 Å². The van der Waals surface area contributed by atoms with Crippen molar-refractivity contribution in [3.05, 3.63) is 59.8 Å². The summed E-state index contributed by atoms with van der Waals surface area (Å²) in [6, 6.07) is 6.03. The van der Waals surface area contributed by atoms with E-state index >= 15 is 0 Å². The molecule has 0 fully saturated rings. The molecule has 4 heteroatoms. The van der Waals surface area contributed by atoms with E-state index in [1.165, 1.54) is 6.33 Å². The summed E-state index contributed by atoms with van der Waals surface area (Å²) < 4.78 is 0. The number of halogens is 1. The third-order valence-electron chi connectivity index (χ3n) is 3.23. The lowest BCUT2D eigenvalue weighted by Crippen LogP contribution is -1.91. The molecule has 0 N–H and O–H groups in total. The molecule has 0 aliphatic rings. The predicted molar refractivity (Wildman–Crippen MR) is 82.6 cm³/mol. The highest BCUT2D eigenvalue weighted by atomic mass is 35.5. The summed E-state index contributed by atoms with van der Waals surface area (Å²) in [4.78, 5) is 12.6. The summed E-state index contributed by atoms with van der Waals surface area (Å²) in [7, 11) is 0. The summed E-state index contributed by atoms with van der Waals surface area (Å²) >= 11 is 6.31. The standard InChI is InChI=1S/C16H12ClN3/c1-3-13-14-6-11(12-7-18-9-19-8-12)4-5-15(14)20-10(2)16(13)17/h3-9H,1H2,2H3. The molecular weight excluding hydrogens is 270 g/mol. The first-order valence-electron chi connectivity index (χ1n) is 6.18. The summed E-state index contributed by atoms with van der Waals surface area (Å²) in [6.07, 6.45) is 6.85. The Morgan fingerprint density at radius 1 is 1.15 bits per heavy atom. The van der Waals surface area contributed by atoms with E-state index in [4.69, 9.17) is 11.6 Å². The van der Waals surface area contributed by atoms with Gasteiger partial charge in [-0.2, -0.15) is 0 Å². The first-order chi connectivity index (χ1) is 9.70. The molecule has 0 saturated carbocycles. The molecule has 3 rings (SSSR count). The predicted octanol–water partition coefficient (Wildman–Crippen LogP) is 4.30. The average molecular weight is 282 g/mol. The number of rotatable bonds is 2. The normalized spacial score (nSPS) is 10.7. The molecule has 0 aliphatic carbocycles. The van der Waals surface area contributed by atoms with E-state index in [0.29, 0.717) is 5.02 Å². The Labute approximate surface area is 122 Å². The molecule has 3 nitrogen and oxygen atoms in total. The van der Waals surface area contributed by atoms with Gasteiger partial charge in [0.1, 0.15) is 6.33 Å². The van der Waals surface area contributed by atoms with Gasteiger partial charge in [-0.25, -0.2) is 9.97 Å². The van der Waals surface area contributed by atoms with Crippen molar-refractivity contribution in [3.8, 4) is 11.1 Å². The highest BCUT2D eigenvalue weighted by Crippen LogP contribution is 2.31. The molecule has 1 aromatic carbocycles. The van der Waals surface area contributed by atoms with E-state index in [1.807, 2.05) is 25.1 Å². The van der Waals surface area contributed by atoms with Gasteiger partial charge >= 0.3 is 0 Å². The zero-order chi connectivity index (χ0) is 14.1. The Morgan fingerprint density at radius 2 is 1.90 bits per heavy atom. The fourth-order valence-electron chi connectivity index (χ4n) is 2.22. The molecule has 0 spiro atoms. The van der Waals surface area contributed by atoms with Gasteiger partial charge in [0, 0.05) is 28.9 Å². The highest BCUT2D eigenvalue weighted by Gasteiger charge is 2.10. The molecule has 0 bridgehead atoms. The first kappa shape index (κ1) is 12.8. The fourth-order valence-corrected chi connectivity index (χ4v) is 2.44. The Bertz CT molecular complexity index is 798. The smallest absolute Gasteiger partial charge is 0.115 e. The van der Waals surface area contributed by atoms with Crippen molar-refractivity contribution in [2.75, 3.05) is 0 Å².